The molecule has 1 aromatic heterocycles. The van der Waals surface area contributed by atoms with Crippen LogP contribution in [0.2, 0.25) is 0 Å². The van der Waals surface area contributed by atoms with Crippen molar-refractivity contribution in [1.29, 1.82) is 0 Å². The van der Waals surface area contributed by atoms with Crippen molar-refractivity contribution in [2.75, 3.05) is 32.1 Å². The largest absolute Gasteiger partial charge is 0.377 e. The summed E-state index contributed by atoms with van der Waals surface area (Å²) in [5.41, 5.74) is 1.14. The molecule has 1 saturated heterocycles. The van der Waals surface area contributed by atoms with E-state index in [4.69, 9.17) is 4.74 Å². The Bertz CT molecular complexity index is 758. The lowest BCUT2D eigenvalue weighted by atomic mass is 10.2. The van der Waals surface area contributed by atoms with Crippen molar-refractivity contribution in [3.63, 3.8) is 0 Å². The van der Waals surface area contributed by atoms with E-state index in [-0.39, 0.29) is 24.5 Å². The Kier molecular flexibility index (Phi) is 6.98. The smallest absolute Gasteiger partial charge is 0.251 e. The van der Waals surface area contributed by atoms with E-state index in [0.29, 0.717) is 11.3 Å². The van der Waals surface area contributed by atoms with Crippen molar-refractivity contribution >= 4 is 28.8 Å². The second-order valence-corrected chi connectivity index (χ2v) is 7.62. The Hall–Kier alpha value is -2.22. The van der Waals surface area contributed by atoms with Crippen LogP contribution in [-0.2, 0) is 16.1 Å². The first kappa shape index (κ1) is 19.5. The molecule has 0 radical (unpaired) electrons. The van der Waals surface area contributed by atoms with Gasteiger partial charge in [0.2, 0.25) is 5.91 Å². The van der Waals surface area contributed by atoms with Crippen molar-refractivity contribution in [2.24, 2.45) is 0 Å². The maximum atomic E-state index is 12.6. The fourth-order valence-corrected chi connectivity index (χ4v) is 3.92. The molecular formula is C20H25N3O3S. The minimum atomic E-state index is -0.177. The molecule has 6 nitrogen and oxygen atoms in total. The van der Waals surface area contributed by atoms with E-state index in [1.165, 1.54) is 4.88 Å². The first-order valence-corrected chi connectivity index (χ1v) is 10.0. The first-order chi connectivity index (χ1) is 13.1. The van der Waals surface area contributed by atoms with E-state index in [0.717, 1.165) is 32.5 Å². The van der Waals surface area contributed by atoms with E-state index in [1.807, 2.05) is 11.4 Å². The van der Waals surface area contributed by atoms with E-state index in [9.17, 15) is 9.59 Å². The van der Waals surface area contributed by atoms with Gasteiger partial charge in [-0.3, -0.25) is 14.5 Å². The van der Waals surface area contributed by atoms with Crippen LogP contribution in [0.5, 0.6) is 0 Å². The van der Waals surface area contributed by atoms with Gasteiger partial charge in [-0.05, 0) is 42.5 Å². The first-order valence-electron chi connectivity index (χ1n) is 9.12. The quantitative estimate of drug-likeness (QED) is 0.731. The van der Waals surface area contributed by atoms with Gasteiger partial charge in [0.25, 0.3) is 5.91 Å². The van der Waals surface area contributed by atoms with Crippen LogP contribution in [0.15, 0.2) is 41.8 Å². The summed E-state index contributed by atoms with van der Waals surface area (Å²) in [5.74, 6) is -0.276. The topological polar surface area (TPSA) is 70.7 Å². The number of carbonyl (C=O) groups is 2. The standard InChI is InChI=1S/C20H25N3O3S/c1-21-20(25)15-5-2-6-16(11-15)22-19(24)14-23(12-17-7-3-9-26-17)13-18-8-4-10-27-18/h2,4-6,8,10-11,17H,3,7,9,12-14H2,1H3,(H,21,25)(H,22,24)/t17-/m1/s1. The van der Waals surface area contributed by atoms with Gasteiger partial charge in [-0.1, -0.05) is 12.1 Å². The Labute approximate surface area is 163 Å². The van der Waals surface area contributed by atoms with Gasteiger partial charge >= 0.3 is 0 Å². The monoisotopic (exact) mass is 387 g/mol. The van der Waals surface area contributed by atoms with Crippen LogP contribution in [0.4, 0.5) is 5.69 Å². The zero-order valence-corrected chi connectivity index (χ0v) is 16.3. The highest BCUT2D eigenvalue weighted by molar-refractivity contribution is 7.09. The minimum absolute atomic E-state index is 0.0985. The van der Waals surface area contributed by atoms with Gasteiger partial charge in [0, 0.05) is 42.9 Å². The van der Waals surface area contributed by atoms with E-state index in [2.05, 4.69) is 21.6 Å². The van der Waals surface area contributed by atoms with Crippen LogP contribution in [0.1, 0.15) is 28.1 Å². The van der Waals surface area contributed by atoms with Crippen LogP contribution >= 0.6 is 11.3 Å². The lowest BCUT2D eigenvalue weighted by molar-refractivity contribution is -0.117. The fraction of sp³-hybridized carbons (Fsp3) is 0.400. The Morgan fingerprint density at radius 2 is 2.19 bits per heavy atom. The van der Waals surface area contributed by atoms with Crippen molar-refractivity contribution < 1.29 is 14.3 Å². The van der Waals surface area contributed by atoms with E-state index < -0.39 is 0 Å². The summed E-state index contributed by atoms with van der Waals surface area (Å²) in [4.78, 5) is 27.7. The van der Waals surface area contributed by atoms with Crippen molar-refractivity contribution in [1.82, 2.24) is 10.2 Å². The molecule has 1 atom stereocenters. The predicted molar refractivity (Wildman–Crippen MR) is 107 cm³/mol. The van der Waals surface area contributed by atoms with Gasteiger partial charge in [-0.25, -0.2) is 0 Å². The Balaban J connectivity index is 1.61. The number of nitrogens with one attached hydrogen (secondary N) is 2. The number of rotatable bonds is 8. The molecule has 1 aromatic carbocycles. The molecule has 0 bridgehead atoms. The molecule has 0 aliphatic carbocycles. The Morgan fingerprint density at radius 3 is 2.89 bits per heavy atom. The molecule has 0 unspecified atom stereocenters. The molecule has 1 aliphatic rings. The second-order valence-electron chi connectivity index (χ2n) is 6.59. The SMILES string of the molecule is CNC(=O)c1cccc(NC(=O)CN(Cc2cccs2)C[C@H]2CCCO2)c1. The van der Waals surface area contributed by atoms with Gasteiger partial charge in [-0.15, -0.1) is 11.3 Å². The van der Waals surface area contributed by atoms with Crippen LogP contribution in [-0.4, -0.2) is 49.6 Å². The third kappa shape index (κ3) is 5.89. The van der Waals surface area contributed by atoms with Crippen LogP contribution in [0, 0.1) is 0 Å². The van der Waals surface area contributed by atoms with Crippen LogP contribution in [0.25, 0.3) is 0 Å². The number of carbonyl (C=O) groups excluding carboxylic acids is 2. The maximum Gasteiger partial charge on any atom is 0.251 e. The summed E-state index contributed by atoms with van der Waals surface area (Å²) in [5, 5.41) is 7.53. The molecule has 0 saturated carbocycles. The molecule has 3 rings (SSSR count). The third-order valence-electron chi connectivity index (χ3n) is 4.45. The molecule has 1 fully saturated rings. The number of amides is 2. The molecule has 2 N–H and O–H groups in total. The highest BCUT2D eigenvalue weighted by Crippen LogP contribution is 2.17. The minimum Gasteiger partial charge on any atom is -0.377 e. The number of thiophene rings is 1. The molecule has 27 heavy (non-hydrogen) atoms. The van der Waals surface area contributed by atoms with Gasteiger partial charge in [0.15, 0.2) is 0 Å². The Morgan fingerprint density at radius 1 is 1.30 bits per heavy atom. The average Bonchev–Trinajstić information content (AvgIpc) is 3.35. The summed E-state index contributed by atoms with van der Waals surface area (Å²) < 4.78 is 5.74. The summed E-state index contributed by atoms with van der Waals surface area (Å²) in [7, 11) is 1.58. The number of ether oxygens (including phenoxy) is 1. The number of hydrogen-bond acceptors (Lipinski definition) is 5. The number of anilines is 1. The maximum absolute atomic E-state index is 12.6. The summed E-state index contributed by atoms with van der Waals surface area (Å²) in [6.07, 6.45) is 2.31. The lowest BCUT2D eigenvalue weighted by Gasteiger charge is -2.24. The molecule has 144 valence electrons. The van der Waals surface area contributed by atoms with Gasteiger partial charge < -0.3 is 15.4 Å². The second kappa shape index (κ2) is 9.64. The molecule has 7 heteroatoms. The van der Waals surface area contributed by atoms with Gasteiger partial charge in [0.1, 0.15) is 0 Å². The lowest BCUT2D eigenvalue weighted by Crippen LogP contribution is -2.37. The van der Waals surface area contributed by atoms with Crippen molar-refractivity contribution in [2.45, 2.75) is 25.5 Å². The van der Waals surface area contributed by atoms with Crippen LogP contribution < -0.4 is 10.6 Å². The molecule has 1 aliphatic heterocycles. The molecule has 2 heterocycles. The van der Waals surface area contributed by atoms with Crippen molar-refractivity contribution in [3.05, 3.63) is 52.2 Å². The summed E-state index contributed by atoms with van der Waals surface area (Å²) in [6.45, 7) is 2.55. The summed E-state index contributed by atoms with van der Waals surface area (Å²) in [6, 6.07) is 11.0. The van der Waals surface area contributed by atoms with Crippen molar-refractivity contribution in [3.8, 4) is 0 Å². The van der Waals surface area contributed by atoms with Gasteiger partial charge in [0.05, 0.1) is 12.6 Å². The molecular weight excluding hydrogens is 362 g/mol. The molecule has 0 spiro atoms. The third-order valence-corrected chi connectivity index (χ3v) is 5.31. The highest BCUT2D eigenvalue weighted by Gasteiger charge is 2.21. The van der Waals surface area contributed by atoms with E-state index >= 15 is 0 Å². The average molecular weight is 388 g/mol. The highest BCUT2D eigenvalue weighted by atomic mass is 32.1. The number of nitrogens with zero attached hydrogens (tertiary/aromatic N) is 1. The fourth-order valence-electron chi connectivity index (χ4n) is 3.17. The summed E-state index contributed by atoms with van der Waals surface area (Å²) >= 11 is 1.69. The number of hydrogen-bond donors (Lipinski definition) is 2. The zero-order valence-electron chi connectivity index (χ0n) is 15.4. The number of benzene rings is 1. The van der Waals surface area contributed by atoms with E-state index in [1.54, 1.807) is 42.6 Å². The molecule has 2 aromatic rings. The molecule has 2 amide bonds. The predicted octanol–water partition coefficient (Wildman–Crippen LogP) is 2.73. The van der Waals surface area contributed by atoms with Gasteiger partial charge in [-0.2, -0.15) is 0 Å². The normalized spacial score (nSPS) is 16.4. The zero-order chi connectivity index (χ0) is 19.1. The van der Waals surface area contributed by atoms with Crippen LogP contribution in [0.3, 0.4) is 0 Å².